The maximum atomic E-state index is 12.3. The Labute approximate surface area is 119 Å². The molecule has 0 radical (unpaired) electrons. The quantitative estimate of drug-likeness (QED) is 0.412. The van der Waals surface area contributed by atoms with Crippen molar-refractivity contribution < 1.29 is 13.3 Å². The second-order valence-electron chi connectivity index (χ2n) is 4.09. The minimum absolute atomic E-state index is 0.0828. The number of nitro groups is 1. The van der Waals surface area contributed by atoms with Crippen molar-refractivity contribution in [3.63, 3.8) is 0 Å². The van der Waals surface area contributed by atoms with Crippen LogP contribution in [0, 0.1) is 10.1 Å². The molecule has 0 bridgehead atoms. The van der Waals surface area contributed by atoms with E-state index in [2.05, 4.69) is 15.2 Å². The van der Waals surface area contributed by atoms with Gasteiger partial charge in [-0.1, -0.05) is 0 Å². The fourth-order valence-corrected chi connectivity index (χ4v) is 2.84. The predicted octanol–water partition coefficient (Wildman–Crippen LogP) is 0.415. The van der Waals surface area contributed by atoms with Gasteiger partial charge in [-0.2, -0.15) is 5.10 Å². The molecule has 0 saturated carbocycles. The first-order chi connectivity index (χ1) is 9.83. The van der Waals surface area contributed by atoms with E-state index in [0.717, 1.165) is 18.2 Å². The Balaban J connectivity index is 2.42. The number of nitro benzene ring substituents is 1. The Bertz CT molecular complexity index is 785. The van der Waals surface area contributed by atoms with E-state index < -0.39 is 14.9 Å². The van der Waals surface area contributed by atoms with Crippen LogP contribution in [0.1, 0.15) is 0 Å². The fourth-order valence-electron chi connectivity index (χ4n) is 1.66. The minimum Gasteiger partial charge on any atom is -0.323 e. The third kappa shape index (κ3) is 3.09. The molecular formula is C10H12N6O4S. The Hall–Kier alpha value is -2.66. The monoisotopic (exact) mass is 312 g/mol. The molecule has 4 N–H and O–H groups in total. The molecular weight excluding hydrogens is 300 g/mol. The van der Waals surface area contributed by atoms with Crippen LogP contribution in [-0.2, 0) is 17.1 Å². The molecule has 1 heterocycles. The number of rotatable bonds is 5. The van der Waals surface area contributed by atoms with Gasteiger partial charge in [0.1, 0.15) is 4.90 Å². The number of nitrogen functional groups attached to an aromatic ring is 1. The molecule has 0 aliphatic rings. The lowest BCUT2D eigenvalue weighted by Crippen LogP contribution is -2.17. The third-order valence-corrected chi connectivity index (χ3v) is 4.02. The maximum Gasteiger partial charge on any atom is 0.271 e. The summed E-state index contributed by atoms with van der Waals surface area (Å²) in [5.41, 5.74) is 2.05. The van der Waals surface area contributed by atoms with E-state index in [4.69, 9.17) is 5.84 Å². The van der Waals surface area contributed by atoms with Crippen LogP contribution in [0.5, 0.6) is 0 Å². The Morgan fingerprint density at radius 1 is 1.43 bits per heavy atom. The van der Waals surface area contributed by atoms with E-state index in [9.17, 15) is 18.5 Å². The van der Waals surface area contributed by atoms with Gasteiger partial charge in [-0.15, -0.1) is 0 Å². The Morgan fingerprint density at radius 3 is 2.67 bits per heavy atom. The van der Waals surface area contributed by atoms with Crippen LogP contribution in [0.3, 0.4) is 0 Å². The molecule has 21 heavy (non-hydrogen) atoms. The minimum atomic E-state index is -3.95. The number of nitrogens with zero attached hydrogens (tertiary/aromatic N) is 3. The SMILES string of the molecule is Cn1cc(NS(=O)(=O)c2ccc([N+](=O)[O-])cc2NN)cn1. The van der Waals surface area contributed by atoms with Gasteiger partial charge >= 0.3 is 0 Å². The first-order valence-corrected chi connectivity index (χ1v) is 7.08. The number of aryl methyl sites for hydroxylation is 1. The number of aromatic nitrogens is 2. The zero-order valence-electron chi connectivity index (χ0n) is 10.8. The average molecular weight is 312 g/mol. The first-order valence-electron chi connectivity index (χ1n) is 5.60. The zero-order valence-corrected chi connectivity index (χ0v) is 11.7. The normalized spacial score (nSPS) is 11.1. The average Bonchev–Trinajstić information content (AvgIpc) is 2.82. The molecule has 0 fully saturated rings. The topological polar surface area (TPSA) is 145 Å². The standard InChI is InChI=1S/C10H12N6O4S/c1-15-6-7(5-12-15)14-21(19,20)10-3-2-8(16(17)18)4-9(10)13-11/h2-6,13-14H,11H2,1H3. The summed E-state index contributed by atoms with van der Waals surface area (Å²) < 4.78 is 28.2. The van der Waals surface area contributed by atoms with Crippen molar-refractivity contribution >= 4 is 27.1 Å². The van der Waals surface area contributed by atoms with Crippen molar-refractivity contribution in [3.8, 4) is 0 Å². The summed E-state index contributed by atoms with van der Waals surface area (Å²) in [5, 5.41) is 14.5. The number of nitrogens with one attached hydrogen (secondary N) is 2. The van der Waals surface area contributed by atoms with Gasteiger partial charge in [0.05, 0.1) is 22.5 Å². The summed E-state index contributed by atoms with van der Waals surface area (Å²) in [6, 6.07) is 3.22. The number of anilines is 2. The number of benzene rings is 1. The van der Waals surface area contributed by atoms with E-state index in [-0.39, 0.29) is 22.0 Å². The van der Waals surface area contributed by atoms with Gasteiger partial charge in [-0.25, -0.2) is 8.42 Å². The van der Waals surface area contributed by atoms with E-state index in [1.165, 1.54) is 17.1 Å². The molecule has 112 valence electrons. The predicted molar refractivity (Wildman–Crippen MR) is 74.9 cm³/mol. The maximum absolute atomic E-state index is 12.3. The highest BCUT2D eigenvalue weighted by molar-refractivity contribution is 7.92. The molecule has 0 atom stereocenters. The van der Waals surface area contributed by atoms with Gasteiger partial charge in [0.15, 0.2) is 0 Å². The highest BCUT2D eigenvalue weighted by Gasteiger charge is 2.21. The Morgan fingerprint density at radius 2 is 2.14 bits per heavy atom. The van der Waals surface area contributed by atoms with Crippen molar-refractivity contribution in [2.75, 3.05) is 10.1 Å². The van der Waals surface area contributed by atoms with Crippen molar-refractivity contribution in [2.45, 2.75) is 4.90 Å². The molecule has 0 unspecified atom stereocenters. The number of non-ortho nitro benzene ring substituents is 1. The molecule has 0 spiro atoms. The molecule has 1 aromatic carbocycles. The summed E-state index contributed by atoms with van der Waals surface area (Å²) in [5.74, 6) is 5.23. The lowest BCUT2D eigenvalue weighted by molar-refractivity contribution is -0.384. The molecule has 0 aliphatic heterocycles. The number of hydrazine groups is 1. The molecule has 11 heteroatoms. The van der Waals surface area contributed by atoms with E-state index in [1.807, 2.05) is 0 Å². The number of sulfonamides is 1. The lowest BCUT2D eigenvalue weighted by atomic mass is 10.3. The van der Waals surface area contributed by atoms with Crippen LogP contribution in [0.2, 0.25) is 0 Å². The Kier molecular flexibility index (Phi) is 3.78. The number of nitrogens with two attached hydrogens (primary N) is 1. The van der Waals surface area contributed by atoms with Gasteiger partial charge in [0.25, 0.3) is 15.7 Å². The van der Waals surface area contributed by atoms with Gasteiger partial charge in [0.2, 0.25) is 0 Å². The largest absolute Gasteiger partial charge is 0.323 e. The molecule has 2 rings (SSSR count). The molecule has 10 nitrogen and oxygen atoms in total. The molecule has 0 aliphatic carbocycles. The van der Waals surface area contributed by atoms with Crippen LogP contribution in [0.4, 0.5) is 17.1 Å². The summed E-state index contributed by atoms with van der Waals surface area (Å²) >= 11 is 0. The molecule has 2 aromatic rings. The molecule has 0 saturated heterocycles. The van der Waals surface area contributed by atoms with Gasteiger partial charge in [0, 0.05) is 25.4 Å². The molecule has 1 aromatic heterocycles. The van der Waals surface area contributed by atoms with E-state index in [0.29, 0.717) is 0 Å². The van der Waals surface area contributed by atoms with Crippen LogP contribution in [0.15, 0.2) is 35.5 Å². The van der Waals surface area contributed by atoms with E-state index >= 15 is 0 Å². The van der Waals surface area contributed by atoms with Crippen LogP contribution < -0.4 is 16.0 Å². The highest BCUT2D eigenvalue weighted by atomic mass is 32.2. The highest BCUT2D eigenvalue weighted by Crippen LogP contribution is 2.27. The van der Waals surface area contributed by atoms with Crippen LogP contribution >= 0.6 is 0 Å². The second kappa shape index (κ2) is 5.38. The van der Waals surface area contributed by atoms with Gasteiger partial charge < -0.3 is 5.43 Å². The summed E-state index contributed by atoms with van der Waals surface area (Å²) in [6.07, 6.45) is 2.80. The number of hydrogen-bond donors (Lipinski definition) is 3. The van der Waals surface area contributed by atoms with Crippen LogP contribution in [0.25, 0.3) is 0 Å². The van der Waals surface area contributed by atoms with Gasteiger partial charge in [-0.3, -0.25) is 25.4 Å². The van der Waals surface area contributed by atoms with Crippen molar-refractivity contribution in [1.29, 1.82) is 0 Å². The first kappa shape index (κ1) is 14.7. The summed E-state index contributed by atoms with van der Waals surface area (Å²) in [7, 11) is -2.32. The fraction of sp³-hybridized carbons (Fsp3) is 0.100. The lowest BCUT2D eigenvalue weighted by Gasteiger charge is -2.10. The second-order valence-corrected chi connectivity index (χ2v) is 5.74. The van der Waals surface area contributed by atoms with Crippen molar-refractivity contribution in [1.82, 2.24) is 9.78 Å². The summed E-state index contributed by atoms with van der Waals surface area (Å²) in [6.45, 7) is 0. The van der Waals surface area contributed by atoms with Crippen molar-refractivity contribution in [2.24, 2.45) is 12.9 Å². The van der Waals surface area contributed by atoms with Crippen molar-refractivity contribution in [3.05, 3.63) is 40.7 Å². The smallest absolute Gasteiger partial charge is 0.271 e. The van der Waals surface area contributed by atoms with E-state index in [1.54, 1.807) is 7.05 Å². The third-order valence-electron chi connectivity index (χ3n) is 2.58. The molecule has 0 amide bonds. The number of hydrogen-bond acceptors (Lipinski definition) is 7. The summed E-state index contributed by atoms with van der Waals surface area (Å²) in [4.78, 5) is 9.83. The van der Waals surface area contributed by atoms with Crippen LogP contribution in [-0.4, -0.2) is 23.1 Å². The zero-order chi connectivity index (χ0) is 15.6. The van der Waals surface area contributed by atoms with Gasteiger partial charge in [-0.05, 0) is 6.07 Å².